The first-order valence-electron chi connectivity index (χ1n) is 8.84. The van der Waals surface area contributed by atoms with Gasteiger partial charge in [-0.2, -0.15) is 0 Å². The molecule has 7 heteroatoms. The number of hydrogen-bond donors (Lipinski definition) is 2. The molecule has 2 N–H and O–H groups in total. The zero-order valence-electron chi connectivity index (χ0n) is 15.9. The maximum atomic E-state index is 9.67. The summed E-state index contributed by atoms with van der Waals surface area (Å²) >= 11 is 15.5. The number of phenolic OH excluding ortho intramolecular Hbond substituents is 1. The number of ether oxygens (including phenoxy) is 2. The zero-order valence-corrected chi connectivity index (χ0v) is 19.0. The Morgan fingerprint density at radius 3 is 2.41 bits per heavy atom. The summed E-state index contributed by atoms with van der Waals surface area (Å²) in [5.41, 5.74) is 3.97. The monoisotopic (exact) mass is 495 g/mol. The molecule has 0 radical (unpaired) electrons. The summed E-state index contributed by atoms with van der Waals surface area (Å²) in [6, 6.07) is 15.2. The number of benzene rings is 3. The van der Waals surface area contributed by atoms with Crippen molar-refractivity contribution >= 4 is 44.8 Å². The average molecular weight is 497 g/mol. The molecule has 3 rings (SSSR count). The number of halogens is 3. The molecular weight excluding hydrogens is 477 g/mol. The molecule has 152 valence electrons. The van der Waals surface area contributed by atoms with E-state index in [4.69, 9.17) is 32.7 Å². The molecule has 0 atom stereocenters. The van der Waals surface area contributed by atoms with Gasteiger partial charge in [0, 0.05) is 12.2 Å². The number of hydrogen-bond acceptors (Lipinski definition) is 4. The van der Waals surface area contributed by atoms with E-state index in [0.29, 0.717) is 30.3 Å². The highest BCUT2D eigenvalue weighted by molar-refractivity contribution is 9.10. The van der Waals surface area contributed by atoms with E-state index in [1.54, 1.807) is 19.2 Å². The molecule has 0 saturated carbocycles. The van der Waals surface area contributed by atoms with E-state index < -0.39 is 0 Å². The molecule has 0 bridgehead atoms. The SMILES string of the molecule is COc1cc(CNc2cc(Cl)c(O)c(Cl)c2)cc(Br)c1OCc1ccccc1C. The summed E-state index contributed by atoms with van der Waals surface area (Å²) in [5, 5.41) is 13.3. The minimum Gasteiger partial charge on any atom is -0.505 e. The van der Waals surface area contributed by atoms with Crippen LogP contribution in [0.5, 0.6) is 17.2 Å². The average Bonchev–Trinajstić information content (AvgIpc) is 2.70. The fraction of sp³-hybridized carbons (Fsp3) is 0.182. The van der Waals surface area contributed by atoms with Crippen molar-refractivity contribution in [3.05, 3.63) is 79.7 Å². The van der Waals surface area contributed by atoms with E-state index in [0.717, 1.165) is 15.6 Å². The summed E-state index contributed by atoms with van der Waals surface area (Å²) in [6.07, 6.45) is 0. The normalized spacial score (nSPS) is 10.7. The van der Waals surface area contributed by atoms with Crippen LogP contribution in [0.25, 0.3) is 0 Å². The molecule has 4 nitrogen and oxygen atoms in total. The number of aromatic hydroxyl groups is 1. The molecule has 0 aliphatic rings. The lowest BCUT2D eigenvalue weighted by atomic mass is 10.1. The Kier molecular flexibility index (Phi) is 7.17. The van der Waals surface area contributed by atoms with Crippen LogP contribution in [-0.2, 0) is 13.2 Å². The fourth-order valence-electron chi connectivity index (χ4n) is 2.81. The molecule has 0 spiro atoms. The van der Waals surface area contributed by atoms with Crippen LogP contribution >= 0.6 is 39.1 Å². The lowest BCUT2D eigenvalue weighted by Gasteiger charge is -2.16. The highest BCUT2D eigenvalue weighted by Gasteiger charge is 2.13. The van der Waals surface area contributed by atoms with Crippen LogP contribution in [0.1, 0.15) is 16.7 Å². The highest BCUT2D eigenvalue weighted by Crippen LogP contribution is 2.38. The second-order valence-electron chi connectivity index (χ2n) is 6.47. The first-order valence-corrected chi connectivity index (χ1v) is 10.4. The molecule has 0 aliphatic carbocycles. The van der Waals surface area contributed by atoms with Gasteiger partial charge in [0.1, 0.15) is 6.61 Å². The van der Waals surface area contributed by atoms with Crippen LogP contribution in [0.4, 0.5) is 5.69 Å². The molecule has 0 saturated heterocycles. The van der Waals surface area contributed by atoms with Crippen molar-refractivity contribution in [1.29, 1.82) is 0 Å². The third kappa shape index (κ3) is 5.30. The predicted molar refractivity (Wildman–Crippen MR) is 122 cm³/mol. The van der Waals surface area contributed by atoms with Crippen LogP contribution in [0, 0.1) is 6.92 Å². The minimum atomic E-state index is -0.126. The van der Waals surface area contributed by atoms with Crippen molar-refractivity contribution in [2.24, 2.45) is 0 Å². The smallest absolute Gasteiger partial charge is 0.175 e. The van der Waals surface area contributed by atoms with Gasteiger partial charge in [0.2, 0.25) is 0 Å². The van der Waals surface area contributed by atoms with Crippen molar-refractivity contribution in [2.45, 2.75) is 20.1 Å². The molecule has 0 unspecified atom stereocenters. The number of rotatable bonds is 7. The van der Waals surface area contributed by atoms with Crippen LogP contribution in [0.15, 0.2) is 53.0 Å². The Labute approximate surface area is 188 Å². The second-order valence-corrected chi connectivity index (χ2v) is 8.13. The standard InChI is InChI=1S/C22H20BrCl2NO3/c1-13-5-3-4-6-15(13)12-29-22-17(23)7-14(8-20(22)28-2)11-26-16-9-18(24)21(27)19(25)10-16/h3-10,26-27H,11-12H2,1-2H3. The summed E-state index contributed by atoms with van der Waals surface area (Å²) in [4.78, 5) is 0. The number of phenols is 1. The van der Waals surface area contributed by atoms with Gasteiger partial charge in [-0.3, -0.25) is 0 Å². The van der Waals surface area contributed by atoms with Crippen LogP contribution < -0.4 is 14.8 Å². The summed E-state index contributed by atoms with van der Waals surface area (Å²) in [5.74, 6) is 1.15. The maximum absolute atomic E-state index is 9.67. The molecule has 0 amide bonds. The lowest BCUT2D eigenvalue weighted by Crippen LogP contribution is -2.03. The Morgan fingerprint density at radius 1 is 1.07 bits per heavy atom. The molecule has 0 aliphatic heterocycles. The van der Waals surface area contributed by atoms with Gasteiger partial charge in [-0.1, -0.05) is 47.5 Å². The van der Waals surface area contributed by atoms with Crippen molar-refractivity contribution in [3.63, 3.8) is 0 Å². The number of anilines is 1. The molecular formula is C22H20BrCl2NO3. The van der Waals surface area contributed by atoms with Gasteiger partial charge in [-0.05, 0) is 63.8 Å². The topological polar surface area (TPSA) is 50.7 Å². The van der Waals surface area contributed by atoms with Crippen LogP contribution in [0.3, 0.4) is 0 Å². The molecule has 29 heavy (non-hydrogen) atoms. The van der Waals surface area contributed by atoms with Crippen molar-refractivity contribution in [1.82, 2.24) is 0 Å². The Hall–Kier alpha value is -2.08. The van der Waals surface area contributed by atoms with Gasteiger partial charge in [-0.15, -0.1) is 0 Å². The van der Waals surface area contributed by atoms with Crippen molar-refractivity contribution in [3.8, 4) is 17.2 Å². The van der Waals surface area contributed by atoms with Crippen LogP contribution in [-0.4, -0.2) is 12.2 Å². The first-order chi connectivity index (χ1) is 13.9. The Bertz CT molecular complexity index is 1000. The second kappa shape index (κ2) is 9.61. The molecule has 3 aromatic carbocycles. The number of aryl methyl sites for hydroxylation is 1. The van der Waals surface area contributed by atoms with E-state index in [1.165, 1.54) is 5.56 Å². The van der Waals surface area contributed by atoms with Gasteiger partial charge in [0.05, 0.1) is 21.6 Å². The minimum absolute atomic E-state index is 0.126. The van der Waals surface area contributed by atoms with Gasteiger partial charge < -0.3 is 19.9 Å². The fourth-order valence-corrected chi connectivity index (χ4v) is 3.90. The lowest BCUT2D eigenvalue weighted by molar-refractivity contribution is 0.282. The third-order valence-electron chi connectivity index (χ3n) is 4.44. The summed E-state index contributed by atoms with van der Waals surface area (Å²) in [6.45, 7) is 3.01. The number of nitrogens with one attached hydrogen (secondary N) is 1. The van der Waals surface area contributed by atoms with E-state index in [9.17, 15) is 5.11 Å². The Balaban J connectivity index is 1.75. The molecule has 0 fully saturated rings. The van der Waals surface area contributed by atoms with Crippen molar-refractivity contribution in [2.75, 3.05) is 12.4 Å². The first kappa shape index (κ1) is 21.6. The number of methoxy groups -OCH3 is 1. The maximum Gasteiger partial charge on any atom is 0.175 e. The Morgan fingerprint density at radius 2 is 1.76 bits per heavy atom. The molecule has 3 aromatic rings. The van der Waals surface area contributed by atoms with Gasteiger partial charge in [-0.25, -0.2) is 0 Å². The predicted octanol–water partition coefficient (Wildman–Crippen LogP) is 6.97. The summed E-state index contributed by atoms with van der Waals surface area (Å²) < 4.78 is 12.4. The van der Waals surface area contributed by atoms with E-state index in [1.807, 2.05) is 30.3 Å². The third-order valence-corrected chi connectivity index (χ3v) is 5.60. The largest absolute Gasteiger partial charge is 0.505 e. The van der Waals surface area contributed by atoms with Gasteiger partial charge in [0.15, 0.2) is 17.2 Å². The van der Waals surface area contributed by atoms with E-state index >= 15 is 0 Å². The highest BCUT2D eigenvalue weighted by atomic mass is 79.9. The van der Waals surface area contributed by atoms with Gasteiger partial charge in [0.25, 0.3) is 0 Å². The summed E-state index contributed by atoms with van der Waals surface area (Å²) in [7, 11) is 1.61. The quantitative estimate of drug-likeness (QED) is 0.347. The van der Waals surface area contributed by atoms with E-state index in [2.05, 4.69) is 34.2 Å². The van der Waals surface area contributed by atoms with Crippen molar-refractivity contribution < 1.29 is 14.6 Å². The van der Waals surface area contributed by atoms with Gasteiger partial charge >= 0.3 is 0 Å². The molecule has 0 aromatic heterocycles. The van der Waals surface area contributed by atoms with E-state index in [-0.39, 0.29) is 15.8 Å². The van der Waals surface area contributed by atoms with Crippen LogP contribution in [0.2, 0.25) is 10.0 Å². The zero-order chi connectivity index (χ0) is 21.0. The molecule has 0 heterocycles.